The first-order chi connectivity index (χ1) is 7.96. The van der Waals surface area contributed by atoms with Gasteiger partial charge in [0.05, 0.1) is 26.6 Å². The molecule has 0 heterocycles. The molecule has 96 valence electrons. The summed E-state index contributed by atoms with van der Waals surface area (Å²) in [4.78, 5) is 33.2. The zero-order valence-corrected chi connectivity index (χ0v) is 10.6. The zero-order chi connectivity index (χ0) is 13.4. The summed E-state index contributed by atoms with van der Waals surface area (Å²) >= 11 is 0. The third-order valence-electron chi connectivity index (χ3n) is 2.51. The van der Waals surface area contributed by atoms with E-state index in [1.165, 1.54) is 14.2 Å². The van der Waals surface area contributed by atoms with Crippen LogP contribution in [0.25, 0.3) is 0 Å². The number of esters is 2. The number of ether oxygens (including phenoxy) is 2. The van der Waals surface area contributed by atoms with E-state index in [4.69, 9.17) is 0 Å². The van der Waals surface area contributed by atoms with Gasteiger partial charge in [-0.1, -0.05) is 13.0 Å². The van der Waals surface area contributed by atoms with Crippen LogP contribution in [-0.2, 0) is 23.9 Å². The fourth-order valence-electron chi connectivity index (χ4n) is 1.39. The molecular weight excluding hydrogens is 224 g/mol. The largest absolute Gasteiger partial charge is 0.469 e. The number of methoxy groups -OCH3 is 2. The van der Waals surface area contributed by atoms with E-state index in [0.717, 1.165) is 0 Å². The summed E-state index contributed by atoms with van der Waals surface area (Å²) in [5.74, 6) is -1.76. The van der Waals surface area contributed by atoms with Gasteiger partial charge in [-0.05, 0) is 12.5 Å². The Morgan fingerprint density at radius 1 is 1.24 bits per heavy atom. The van der Waals surface area contributed by atoms with Gasteiger partial charge in [0.15, 0.2) is 0 Å². The van der Waals surface area contributed by atoms with Crippen LogP contribution in [0, 0.1) is 11.8 Å². The smallest absolute Gasteiger partial charge is 0.308 e. The molecule has 0 aromatic rings. The van der Waals surface area contributed by atoms with Crippen LogP contribution < -0.4 is 0 Å². The molecule has 0 aromatic carbocycles. The Morgan fingerprint density at radius 2 is 1.82 bits per heavy atom. The van der Waals surface area contributed by atoms with Crippen molar-refractivity contribution in [2.75, 3.05) is 14.2 Å². The molecule has 0 saturated heterocycles. The molecule has 0 aromatic heterocycles. The Hall–Kier alpha value is -1.65. The first-order valence-electron chi connectivity index (χ1n) is 5.24. The van der Waals surface area contributed by atoms with Gasteiger partial charge in [-0.15, -0.1) is 0 Å². The van der Waals surface area contributed by atoms with Crippen LogP contribution in [0.15, 0.2) is 11.6 Å². The van der Waals surface area contributed by atoms with Crippen molar-refractivity contribution >= 4 is 18.2 Å². The lowest BCUT2D eigenvalue weighted by Crippen LogP contribution is -2.24. The normalized spacial score (nSPS) is 14.7. The second-order valence-electron chi connectivity index (χ2n) is 3.78. The molecule has 0 spiro atoms. The van der Waals surface area contributed by atoms with Gasteiger partial charge in [-0.25, -0.2) is 0 Å². The Bertz CT molecular complexity index is 319. The molecular formula is C12H18O5. The molecule has 5 heteroatoms. The van der Waals surface area contributed by atoms with Crippen molar-refractivity contribution in [3.05, 3.63) is 11.6 Å². The van der Waals surface area contributed by atoms with Crippen LogP contribution in [0.1, 0.15) is 20.3 Å². The fourth-order valence-corrected chi connectivity index (χ4v) is 1.39. The average molecular weight is 242 g/mol. The van der Waals surface area contributed by atoms with Crippen molar-refractivity contribution in [2.45, 2.75) is 20.3 Å². The lowest BCUT2D eigenvalue weighted by molar-refractivity contribution is -0.147. The minimum absolute atomic E-state index is 0.0396. The molecule has 0 aliphatic rings. The molecule has 0 bridgehead atoms. The van der Waals surface area contributed by atoms with Crippen LogP contribution in [0.4, 0.5) is 0 Å². The molecule has 0 fully saturated rings. The van der Waals surface area contributed by atoms with Gasteiger partial charge >= 0.3 is 11.9 Å². The first-order valence-corrected chi connectivity index (χ1v) is 5.24. The lowest BCUT2D eigenvalue weighted by atomic mass is 9.89. The maximum absolute atomic E-state index is 11.4. The molecule has 17 heavy (non-hydrogen) atoms. The number of rotatable bonds is 6. The molecule has 0 N–H and O–H groups in total. The van der Waals surface area contributed by atoms with Gasteiger partial charge in [-0.2, -0.15) is 0 Å². The molecule has 2 atom stereocenters. The van der Waals surface area contributed by atoms with Crippen LogP contribution in [0.5, 0.6) is 0 Å². The second kappa shape index (κ2) is 7.60. The summed E-state index contributed by atoms with van der Waals surface area (Å²) < 4.78 is 9.17. The van der Waals surface area contributed by atoms with E-state index in [1.807, 2.05) is 0 Å². The Labute approximate surface area is 101 Å². The molecule has 0 amide bonds. The zero-order valence-electron chi connectivity index (χ0n) is 10.6. The number of allylic oxidation sites excluding steroid dienone is 2. The minimum atomic E-state index is -0.506. The lowest BCUT2D eigenvalue weighted by Gasteiger charge is -2.18. The van der Waals surface area contributed by atoms with Gasteiger partial charge in [0.25, 0.3) is 0 Å². The summed E-state index contributed by atoms with van der Waals surface area (Å²) in [6, 6.07) is 0. The van der Waals surface area contributed by atoms with Crippen LogP contribution >= 0.6 is 0 Å². The van der Waals surface area contributed by atoms with E-state index in [1.54, 1.807) is 19.9 Å². The number of aldehydes is 1. The quantitative estimate of drug-likeness (QED) is 0.396. The van der Waals surface area contributed by atoms with E-state index in [0.29, 0.717) is 11.9 Å². The summed E-state index contributed by atoms with van der Waals surface area (Å²) in [5.41, 5.74) is 0.467. The average Bonchev–Trinajstić information content (AvgIpc) is 2.35. The van der Waals surface area contributed by atoms with Crippen LogP contribution in [-0.4, -0.2) is 32.4 Å². The van der Waals surface area contributed by atoms with Gasteiger partial charge in [0, 0.05) is 5.92 Å². The van der Waals surface area contributed by atoms with Gasteiger partial charge in [0.2, 0.25) is 0 Å². The van der Waals surface area contributed by atoms with Gasteiger partial charge < -0.3 is 9.47 Å². The SMILES string of the molecule is COC(=O)CC(/C=C(\C)C=O)C(C)C(=O)OC. The van der Waals surface area contributed by atoms with E-state index < -0.39 is 23.8 Å². The molecule has 0 aliphatic heterocycles. The molecule has 0 radical (unpaired) electrons. The van der Waals surface area contributed by atoms with E-state index >= 15 is 0 Å². The maximum atomic E-state index is 11.4. The van der Waals surface area contributed by atoms with Crippen molar-refractivity contribution in [3.8, 4) is 0 Å². The molecule has 2 unspecified atom stereocenters. The highest BCUT2D eigenvalue weighted by Crippen LogP contribution is 2.20. The summed E-state index contributed by atoms with van der Waals surface area (Å²) in [5, 5.41) is 0. The van der Waals surface area contributed by atoms with E-state index in [2.05, 4.69) is 9.47 Å². The predicted octanol–water partition coefficient (Wildman–Crippen LogP) is 1.12. The molecule has 5 nitrogen and oxygen atoms in total. The second-order valence-corrected chi connectivity index (χ2v) is 3.78. The first kappa shape index (κ1) is 15.3. The number of carbonyl (C=O) groups excluding carboxylic acids is 3. The van der Waals surface area contributed by atoms with Crippen molar-refractivity contribution in [1.82, 2.24) is 0 Å². The van der Waals surface area contributed by atoms with Crippen LogP contribution in [0.2, 0.25) is 0 Å². The highest BCUT2D eigenvalue weighted by atomic mass is 16.5. The highest BCUT2D eigenvalue weighted by Gasteiger charge is 2.25. The van der Waals surface area contributed by atoms with Crippen molar-refractivity contribution in [2.24, 2.45) is 11.8 Å². The van der Waals surface area contributed by atoms with Gasteiger partial charge in [0.1, 0.15) is 6.29 Å². The molecule has 0 saturated carbocycles. The standard InChI is InChI=1S/C12H18O5/c1-8(7-13)5-10(6-11(14)16-3)9(2)12(15)17-4/h5,7,9-10H,6H2,1-4H3/b8-5+. The fraction of sp³-hybridized carbons (Fsp3) is 0.583. The topological polar surface area (TPSA) is 69.7 Å². The van der Waals surface area contributed by atoms with Crippen molar-refractivity contribution in [1.29, 1.82) is 0 Å². The number of carbonyl (C=O) groups is 3. The summed E-state index contributed by atoms with van der Waals surface area (Å²) in [6.45, 7) is 3.26. The van der Waals surface area contributed by atoms with E-state index in [9.17, 15) is 14.4 Å². The third-order valence-corrected chi connectivity index (χ3v) is 2.51. The Balaban J connectivity index is 4.90. The maximum Gasteiger partial charge on any atom is 0.308 e. The minimum Gasteiger partial charge on any atom is -0.469 e. The highest BCUT2D eigenvalue weighted by molar-refractivity contribution is 5.77. The van der Waals surface area contributed by atoms with E-state index in [-0.39, 0.29) is 6.42 Å². The van der Waals surface area contributed by atoms with Crippen molar-refractivity contribution < 1.29 is 23.9 Å². The Morgan fingerprint density at radius 3 is 2.24 bits per heavy atom. The molecule has 0 rings (SSSR count). The third kappa shape index (κ3) is 5.29. The van der Waals surface area contributed by atoms with Crippen LogP contribution in [0.3, 0.4) is 0 Å². The summed E-state index contributed by atoms with van der Waals surface area (Å²) in [7, 11) is 2.56. The summed E-state index contributed by atoms with van der Waals surface area (Å²) in [6.07, 6.45) is 2.30. The Kier molecular flexibility index (Phi) is 6.86. The predicted molar refractivity (Wildman–Crippen MR) is 61.1 cm³/mol. The number of hydrogen-bond acceptors (Lipinski definition) is 5. The monoisotopic (exact) mass is 242 g/mol. The van der Waals surface area contributed by atoms with Gasteiger partial charge in [-0.3, -0.25) is 14.4 Å². The molecule has 0 aliphatic carbocycles. The number of hydrogen-bond donors (Lipinski definition) is 0. The van der Waals surface area contributed by atoms with Crippen molar-refractivity contribution in [3.63, 3.8) is 0 Å².